The van der Waals surface area contributed by atoms with Crippen molar-refractivity contribution in [3.8, 4) is 0 Å². The van der Waals surface area contributed by atoms with Gasteiger partial charge in [-0.3, -0.25) is 20.6 Å². The number of nitrogens with zero attached hydrogens (tertiary/aromatic N) is 1. The van der Waals surface area contributed by atoms with Gasteiger partial charge in [-0.1, -0.05) is 11.6 Å². The Morgan fingerprint density at radius 1 is 1.33 bits per heavy atom. The molecular weight excluding hydrogens is 367 g/mol. The number of benzene rings is 1. The summed E-state index contributed by atoms with van der Waals surface area (Å²) in [7, 11) is 0. The Labute approximate surface area is 144 Å². The summed E-state index contributed by atoms with van der Waals surface area (Å²) in [5, 5.41) is 2.52. The van der Waals surface area contributed by atoms with E-state index in [1.54, 1.807) is 6.92 Å². The van der Waals surface area contributed by atoms with E-state index in [0.717, 1.165) is 18.2 Å². The van der Waals surface area contributed by atoms with E-state index in [-0.39, 0.29) is 27.3 Å². The van der Waals surface area contributed by atoms with Gasteiger partial charge in [0, 0.05) is 11.8 Å². The number of hydrogen-bond acceptors (Lipinski definition) is 4. The van der Waals surface area contributed by atoms with Gasteiger partial charge < -0.3 is 5.32 Å². The lowest BCUT2D eigenvalue weighted by Crippen LogP contribution is -2.35. The molecule has 128 valence electrons. The molecule has 2 rings (SSSR count). The maximum absolute atomic E-state index is 12.7. The van der Waals surface area contributed by atoms with Crippen LogP contribution in [0.5, 0.6) is 0 Å². The number of aromatic amines is 1. The number of hydrogen-bond donors (Lipinski definition) is 4. The first kappa shape index (κ1) is 18.0. The molecule has 0 spiro atoms. The molecule has 24 heavy (non-hydrogen) atoms. The van der Waals surface area contributed by atoms with E-state index in [1.807, 2.05) is 0 Å². The van der Waals surface area contributed by atoms with Crippen LogP contribution in [-0.2, 0) is 6.18 Å². The third kappa shape index (κ3) is 4.83. The number of rotatable bonds is 3. The van der Waals surface area contributed by atoms with Gasteiger partial charge in [-0.25, -0.2) is 4.98 Å². The minimum atomic E-state index is -4.50. The minimum Gasteiger partial charge on any atom is -0.330 e. The van der Waals surface area contributed by atoms with Crippen molar-refractivity contribution in [1.29, 1.82) is 0 Å². The summed E-state index contributed by atoms with van der Waals surface area (Å²) in [4.78, 5) is 17.7. The van der Waals surface area contributed by atoms with Gasteiger partial charge in [0.1, 0.15) is 0 Å². The number of hydrazine groups is 1. The van der Waals surface area contributed by atoms with Crippen molar-refractivity contribution in [1.82, 2.24) is 15.4 Å². The number of anilines is 2. The van der Waals surface area contributed by atoms with Crippen LogP contribution in [0.4, 0.5) is 24.8 Å². The Hall–Kier alpha value is -2.33. The minimum absolute atomic E-state index is 0.0171. The van der Waals surface area contributed by atoms with Crippen LogP contribution in [0.25, 0.3) is 0 Å². The zero-order chi connectivity index (χ0) is 17.9. The van der Waals surface area contributed by atoms with E-state index in [9.17, 15) is 18.0 Å². The summed E-state index contributed by atoms with van der Waals surface area (Å²) in [6.07, 6.45) is -4.50. The van der Waals surface area contributed by atoms with E-state index in [4.69, 9.17) is 23.8 Å². The molecule has 1 heterocycles. The molecule has 0 amide bonds. The molecule has 0 fully saturated rings. The normalized spacial score (nSPS) is 11.0. The predicted octanol–water partition coefficient (Wildman–Crippen LogP) is 3.06. The number of H-pyrrole nitrogens is 1. The molecule has 0 saturated carbocycles. The Morgan fingerprint density at radius 2 is 2.04 bits per heavy atom. The van der Waals surface area contributed by atoms with E-state index < -0.39 is 11.7 Å². The zero-order valence-corrected chi connectivity index (χ0v) is 13.7. The van der Waals surface area contributed by atoms with Crippen LogP contribution in [0.1, 0.15) is 11.3 Å². The van der Waals surface area contributed by atoms with Crippen LogP contribution < -0.4 is 21.7 Å². The fourth-order valence-corrected chi connectivity index (χ4v) is 2.03. The van der Waals surface area contributed by atoms with Crippen LogP contribution in [0.15, 0.2) is 29.1 Å². The molecule has 0 bridgehead atoms. The van der Waals surface area contributed by atoms with Gasteiger partial charge in [0.15, 0.2) is 5.11 Å². The lowest BCUT2D eigenvalue weighted by Gasteiger charge is -2.14. The molecule has 6 nitrogen and oxygen atoms in total. The average molecular weight is 378 g/mol. The fraction of sp³-hybridized carbons (Fsp3) is 0.154. The largest absolute Gasteiger partial charge is 0.416 e. The van der Waals surface area contributed by atoms with Gasteiger partial charge in [-0.2, -0.15) is 13.2 Å². The zero-order valence-electron chi connectivity index (χ0n) is 12.1. The van der Waals surface area contributed by atoms with Gasteiger partial charge in [0.25, 0.3) is 5.56 Å². The van der Waals surface area contributed by atoms with Crippen LogP contribution >= 0.6 is 23.8 Å². The van der Waals surface area contributed by atoms with Crippen molar-refractivity contribution >= 4 is 40.6 Å². The van der Waals surface area contributed by atoms with E-state index in [0.29, 0.717) is 5.69 Å². The van der Waals surface area contributed by atoms with Crippen LogP contribution in [0.2, 0.25) is 5.02 Å². The molecule has 0 aliphatic carbocycles. The number of nitrogens with one attached hydrogen (secondary N) is 4. The molecule has 0 saturated heterocycles. The van der Waals surface area contributed by atoms with E-state index >= 15 is 0 Å². The van der Waals surface area contributed by atoms with Crippen molar-refractivity contribution in [3.05, 3.63) is 50.9 Å². The molecule has 0 unspecified atom stereocenters. The molecule has 1 aromatic heterocycles. The summed E-state index contributed by atoms with van der Waals surface area (Å²) < 4.78 is 38.1. The second kappa shape index (κ2) is 7.05. The molecule has 0 radical (unpaired) electrons. The summed E-state index contributed by atoms with van der Waals surface area (Å²) in [6.45, 7) is 1.62. The molecular formula is C13H11ClF3N5OS. The highest BCUT2D eigenvalue weighted by atomic mass is 35.5. The number of alkyl halides is 3. The molecule has 2 aromatic rings. The number of aromatic nitrogens is 2. The van der Waals surface area contributed by atoms with Crippen LogP contribution in [-0.4, -0.2) is 15.1 Å². The molecule has 4 N–H and O–H groups in total. The standard InChI is InChI=1S/C13H11ClF3N5OS/c1-6-4-10(23)20-11(18-6)21-22-12(24)19-9-5-7(13(15,16)17)2-3-8(9)14/h2-5H,1H3,(H2,19,22,24)(H2,18,20,21,23). The topological polar surface area (TPSA) is 81.8 Å². The number of aryl methyl sites for hydroxylation is 1. The van der Waals surface area contributed by atoms with Crippen LogP contribution in [0, 0.1) is 6.92 Å². The summed E-state index contributed by atoms with van der Waals surface area (Å²) in [5.41, 5.74) is 4.23. The first-order valence-electron chi connectivity index (χ1n) is 6.43. The molecule has 0 aliphatic rings. The lowest BCUT2D eigenvalue weighted by molar-refractivity contribution is -0.137. The van der Waals surface area contributed by atoms with E-state index in [2.05, 4.69) is 26.1 Å². The highest BCUT2D eigenvalue weighted by molar-refractivity contribution is 7.80. The highest BCUT2D eigenvalue weighted by Crippen LogP contribution is 2.33. The smallest absolute Gasteiger partial charge is 0.330 e. The summed E-state index contributed by atoms with van der Waals surface area (Å²) in [5.74, 6) is 0.0966. The monoisotopic (exact) mass is 377 g/mol. The van der Waals surface area contributed by atoms with Crippen molar-refractivity contribution < 1.29 is 13.2 Å². The highest BCUT2D eigenvalue weighted by Gasteiger charge is 2.31. The van der Waals surface area contributed by atoms with Gasteiger partial charge in [-0.05, 0) is 37.3 Å². The Bertz CT molecular complexity index is 824. The molecule has 1 aromatic carbocycles. The average Bonchev–Trinajstić information content (AvgIpc) is 2.45. The van der Waals surface area contributed by atoms with Crippen molar-refractivity contribution in [3.63, 3.8) is 0 Å². The van der Waals surface area contributed by atoms with Crippen molar-refractivity contribution in [2.24, 2.45) is 0 Å². The van der Waals surface area contributed by atoms with E-state index in [1.165, 1.54) is 6.07 Å². The fourth-order valence-electron chi connectivity index (χ4n) is 1.71. The third-order valence-electron chi connectivity index (χ3n) is 2.71. The Morgan fingerprint density at radius 3 is 2.67 bits per heavy atom. The van der Waals surface area contributed by atoms with Crippen molar-refractivity contribution in [2.45, 2.75) is 13.1 Å². The lowest BCUT2D eigenvalue weighted by atomic mass is 10.2. The summed E-state index contributed by atoms with van der Waals surface area (Å²) >= 11 is 10.8. The Balaban J connectivity index is 2.06. The van der Waals surface area contributed by atoms with Gasteiger partial charge in [-0.15, -0.1) is 0 Å². The summed E-state index contributed by atoms with van der Waals surface area (Å²) in [6, 6.07) is 4.11. The third-order valence-corrected chi connectivity index (χ3v) is 3.24. The molecule has 11 heteroatoms. The maximum Gasteiger partial charge on any atom is 0.416 e. The van der Waals surface area contributed by atoms with Gasteiger partial charge >= 0.3 is 6.18 Å². The number of halogens is 4. The number of thiocarbonyl (C=S) groups is 1. The first-order valence-corrected chi connectivity index (χ1v) is 7.21. The van der Waals surface area contributed by atoms with Gasteiger partial charge in [0.05, 0.1) is 16.3 Å². The quantitative estimate of drug-likeness (QED) is 0.486. The molecule has 0 aliphatic heterocycles. The second-order valence-electron chi connectivity index (χ2n) is 4.63. The predicted molar refractivity (Wildman–Crippen MR) is 89.0 cm³/mol. The molecule has 0 atom stereocenters. The first-order chi connectivity index (χ1) is 11.1. The Kier molecular flexibility index (Phi) is 5.30. The SMILES string of the molecule is Cc1cc(=O)[nH]c(NNC(=S)Nc2cc(C(F)(F)F)ccc2Cl)n1. The second-order valence-corrected chi connectivity index (χ2v) is 5.45. The van der Waals surface area contributed by atoms with Crippen molar-refractivity contribution in [2.75, 3.05) is 10.7 Å². The van der Waals surface area contributed by atoms with Gasteiger partial charge in [0.2, 0.25) is 5.95 Å². The maximum atomic E-state index is 12.7. The van der Waals surface area contributed by atoms with Crippen LogP contribution in [0.3, 0.4) is 0 Å².